The van der Waals surface area contributed by atoms with Gasteiger partial charge in [0.1, 0.15) is 11.6 Å². The van der Waals surface area contributed by atoms with Crippen molar-refractivity contribution in [3.05, 3.63) is 77.6 Å². The molecule has 2 N–H and O–H groups in total. The minimum Gasteiger partial charge on any atom is -0.493 e. The van der Waals surface area contributed by atoms with Gasteiger partial charge in [0, 0.05) is 35.0 Å². The molecule has 6 nitrogen and oxygen atoms in total. The largest absolute Gasteiger partial charge is 0.493 e. The summed E-state index contributed by atoms with van der Waals surface area (Å²) in [7, 11) is 0. The van der Waals surface area contributed by atoms with Crippen LogP contribution >= 0.6 is 0 Å². The summed E-state index contributed by atoms with van der Waals surface area (Å²) in [4.78, 5) is 25.1. The van der Waals surface area contributed by atoms with Crippen molar-refractivity contribution in [1.82, 2.24) is 20.3 Å². The number of nitrogens with zero attached hydrogens (tertiary/aromatic N) is 2. The van der Waals surface area contributed by atoms with Gasteiger partial charge in [-0.2, -0.15) is 0 Å². The fraction of sp³-hybridized carbons (Fsp3) is 0.174. The highest BCUT2D eigenvalue weighted by Crippen LogP contribution is 2.31. The van der Waals surface area contributed by atoms with Gasteiger partial charge in [0.25, 0.3) is 5.91 Å². The van der Waals surface area contributed by atoms with Gasteiger partial charge in [0.2, 0.25) is 0 Å². The number of amides is 1. The molecule has 0 spiro atoms. The van der Waals surface area contributed by atoms with Crippen molar-refractivity contribution in [2.45, 2.75) is 19.4 Å². The monoisotopic (exact) mass is 384 g/mol. The number of hydrogen-bond donors (Lipinski definition) is 2. The van der Waals surface area contributed by atoms with Crippen molar-refractivity contribution in [2.24, 2.45) is 0 Å². The number of hydrogen-bond acceptors (Lipinski definition) is 4. The molecule has 29 heavy (non-hydrogen) atoms. The maximum atomic E-state index is 12.9. The number of fused-ring (bicyclic) bond motifs is 2. The van der Waals surface area contributed by atoms with Gasteiger partial charge in [-0.25, -0.2) is 4.98 Å². The number of aromatic amines is 1. The van der Waals surface area contributed by atoms with Gasteiger partial charge in [-0.15, -0.1) is 0 Å². The van der Waals surface area contributed by atoms with Crippen LogP contribution in [0.2, 0.25) is 0 Å². The van der Waals surface area contributed by atoms with E-state index in [1.807, 2.05) is 55.5 Å². The van der Waals surface area contributed by atoms with Crippen LogP contribution in [0.25, 0.3) is 22.4 Å². The fourth-order valence-corrected chi connectivity index (χ4v) is 3.63. The standard InChI is InChI=1S/C23H20N4O2/c1-14-6-7-16(13-24-14)22-25-19-9-8-15(12-20(19)26-22)23(28)27-18-10-11-29-21-5-3-2-4-17(18)21/h2-9,12-13,18H,10-11H2,1H3,(H,25,26)(H,27,28)/t18-/m0/s1. The van der Waals surface area contributed by atoms with Gasteiger partial charge < -0.3 is 15.0 Å². The van der Waals surface area contributed by atoms with Crippen LogP contribution in [0.15, 0.2) is 60.8 Å². The number of rotatable bonds is 3. The van der Waals surface area contributed by atoms with E-state index < -0.39 is 0 Å². The molecule has 0 bridgehead atoms. The van der Waals surface area contributed by atoms with E-state index in [0.717, 1.165) is 45.8 Å². The molecule has 144 valence electrons. The first-order chi connectivity index (χ1) is 14.2. The number of ether oxygens (including phenoxy) is 1. The average molecular weight is 384 g/mol. The highest BCUT2D eigenvalue weighted by molar-refractivity contribution is 5.98. The molecule has 0 unspecified atom stereocenters. The van der Waals surface area contributed by atoms with Crippen LogP contribution < -0.4 is 10.1 Å². The molecule has 4 aromatic rings. The SMILES string of the molecule is Cc1ccc(-c2nc3ccc(C(=O)N[C@H]4CCOc5ccccc54)cc3[nH]2)cn1. The summed E-state index contributed by atoms with van der Waals surface area (Å²) in [5.41, 5.74) is 5.12. The Hall–Kier alpha value is -3.67. The van der Waals surface area contributed by atoms with E-state index in [0.29, 0.717) is 12.2 Å². The van der Waals surface area contributed by atoms with Crippen molar-refractivity contribution in [2.75, 3.05) is 6.61 Å². The van der Waals surface area contributed by atoms with Crippen LogP contribution in [0.5, 0.6) is 5.75 Å². The van der Waals surface area contributed by atoms with E-state index in [2.05, 4.69) is 20.3 Å². The van der Waals surface area contributed by atoms with Gasteiger partial charge in [-0.3, -0.25) is 9.78 Å². The second-order valence-electron chi connectivity index (χ2n) is 7.21. The van der Waals surface area contributed by atoms with Crippen molar-refractivity contribution in [1.29, 1.82) is 0 Å². The normalized spacial score (nSPS) is 15.6. The van der Waals surface area contributed by atoms with Crippen molar-refractivity contribution < 1.29 is 9.53 Å². The fourth-order valence-electron chi connectivity index (χ4n) is 3.63. The van der Waals surface area contributed by atoms with Gasteiger partial charge in [0.05, 0.1) is 23.7 Å². The molecule has 1 atom stereocenters. The number of carbonyl (C=O) groups is 1. The second kappa shape index (κ2) is 7.05. The third-order valence-corrected chi connectivity index (χ3v) is 5.19. The predicted molar refractivity (Wildman–Crippen MR) is 111 cm³/mol. The van der Waals surface area contributed by atoms with Crippen molar-refractivity contribution in [3.63, 3.8) is 0 Å². The van der Waals surface area contributed by atoms with Crippen LogP contribution in [-0.4, -0.2) is 27.5 Å². The molecule has 1 aliphatic rings. The van der Waals surface area contributed by atoms with Crippen LogP contribution in [0.3, 0.4) is 0 Å². The lowest BCUT2D eigenvalue weighted by atomic mass is 10.00. The first-order valence-corrected chi connectivity index (χ1v) is 9.63. The molecule has 1 aliphatic heterocycles. The Morgan fingerprint density at radius 3 is 2.93 bits per heavy atom. The van der Waals surface area contributed by atoms with E-state index in [-0.39, 0.29) is 11.9 Å². The summed E-state index contributed by atoms with van der Waals surface area (Å²) < 4.78 is 5.68. The van der Waals surface area contributed by atoms with Crippen LogP contribution in [0, 0.1) is 6.92 Å². The van der Waals surface area contributed by atoms with Gasteiger partial charge in [-0.05, 0) is 43.3 Å². The lowest BCUT2D eigenvalue weighted by Gasteiger charge is -2.26. The first-order valence-electron chi connectivity index (χ1n) is 9.63. The molecule has 1 amide bonds. The molecule has 0 saturated carbocycles. The first kappa shape index (κ1) is 17.4. The number of aromatic nitrogens is 3. The zero-order chi connectivity index (χ0) is 19.8. The Kier molecular flexibility index (Phi) is 4.24. The molecule has 0 radical (unpaired) electrons. The quantitative estimate of drug-likeness (QED) is 0.555. The van der Waals surface area contributed by atoms with Gasteiger partial charge in [-0.1, -0.05) is 18.2 Å². The Labute approximate surface area is 168 Å². The molecule has 0 aliphatic carbocycles. The van der Waals surface area contributed by atoms with E-state index in [1.165, 1.54) is 0 Å². The Bertz CT molecular complexity index is 1200. The number of H-pyrrole nitrogens is 1. The average Bonchev–Trinajstić information content (AvgIpc) is 3.18. The molecule has 5 rings (SSSR count). The van der Waals surface area contributed by atoms with Crippen molar-refractivity contribution in [3.8, 4) is 17.1 Å². The number of imidazole rings is 1. The van der Waals surface area contributed by atoms with E-state index in [1.54, 1.807) is 12.3 Å². The van der Waals surface area contributed by atoms with Crippen LogP contribution in [-0.2, 0) is 0 Å². The minimum absolute atomic E-state index is 0.0564. The molecule has 0 saturated heterocycles. The zero-order valence-electron chi connectivity index (χ0n) is 16.0. The maximum Gasteiger partial charge on any atom is 0.251 e. The number of pyridine rings is 1. The summed E-state index contributed by atoms with van der Waals surface area (Å²) in [5, 5.41) is 3.14. The molecular weight excluding hydrogens is 364 g/mol. The molecule has 3 heterocycles. The molecular formula is C23H20N4O2. The number of carbonyl (C=O) groups excluding carboxylic acids is 1. The predicted octanol–water partition coefficient (Wildman–Crippen LogP) is 4.19. The third-order valence-electron chi connectivity index (χ3n) is 5.19. The lowest BCUT2D eigenvalue weighted by molar-refractivity contribution is 0.0925. The second-order valence-corrected chi connectivity index (χ2v) is 7.21. The van der Waals surface area contributed by atoms with Gasteiger partial charge in [0.15, 0.2) is 0 Å². The van der Waals surface area contributed by atoms with Crippen LogP contribution in [0.4, 0.5) is 0 Å². The minimum atomic E-state index is -0.109. The Morgan fingerprint density at radius 1 is 1.17 bits per heavy atom. The summed E-state index contributed by atoms with van der Waals surface area (Å²) in [5.74, 6) is 1.47. The smallest absolute Gasteiger partial charge is 0.251 e. The van der Waals surface area contributed by atoms with E-state index in [4.69, 9.17) is 4.74 Å². The Balaban J connectivity index is 1.40. The third kappa shape index (κ3) is 3.33. The highest BCUT2D eigenvalue weighted by Gasteiger charge is 2.23. The highest BCUT2D eigenvalue weighted by atomic mass is 16.5. The topological polar surface area (TPSA) is 79.9 Å². The summed E-state index contributed by atoms with van der Waals surface area (Å²) >= 11 is 0. The molecule has 0 fully saturated rings. The summed E-state index contributed by atoms with van der Waals surface area (Å²) in [6, 6.07) is 17.2. The number of nitrogens with one attached hydrogen (secondary N) is 2. The van der Waals surface area contributed by atoms with E-state index >= 15 is 0 Å². The number of para-hydroxylation sites is 1. The molecule has 6 heteroatoms. The molecule has 2 aromatic heterocycles. The number of aryl methyl sites for hydroxylation is 1. The van der Waals surface area contributed by atoms with E-state index in [9.17, 15) is 4.79 Å². The van der Waals surface area contributed by atoms with Gasteiger partial charge >= 0.3 is 0 Å². The number of benzene rings is 2. The maximum absolute atomic E-state index is 12.9. The van der Waals surface area contributed by atoms with Crippen molar-refractivity contribution >= 4 is 16.9 Å². The summed E-state index contributed by atoms with van der Waals surface area (Å²) in [6.07, 6.45) is 2.54. The Morgan fingerprint density at radius 2 is 2.07 bits per heavy atom. The zero-order valence-corrected chi connectivity index (χ0v) is 16.0. The van der Waals surface area contributed by atoms with Crippen LogP contribution in [0.1, 0.15) is 34.1 Å². The lowest BCUT2D eigenvalue weighted by Crippen LogP contribution is -2.32. The molecule has 2 aromatic carbocycles. The summed E-state index contributed by atoms with van der Waals surface area (Å²) in [6.45, 7) is 2.54.